The van der Waals surface area contributed by atoms with Gasteiger partial charge in [-0.1, -0.05) is 0 Å². The molecule has 3 rings (SSSR count). The van der Waals surface area contributed by atoms with E-state index in [-0.39, 0.29) is 11.5 Å². The van der Waals surface area contributed by atoms with Gasteiger partial charge in [-0.15, -0.1) is 0 Å². The smallest absolute Gasteiger partial charge is 0.351 e. The molecule has 2 aromatic rings. The van der Waals surface area contributed by atoms with E-state index in [2.05, 4.69) is 20.3 Å². The molecule has 2 aromatic heterocycles. The highest BCUT2D eigenvalue weighted by Gasteiger charge is 2.45. The Morgan fingerprint density at radius 3 is 2.84 bits per heavy atom. The van der Waals surface area contributed by atoms with Gasteiger partial charge in [-0.25, -0.2) is 19.2 Å². The second kappa shape index (κ2) is 7.01. The van der Waals surface area contributed by atoms with Crippen LogP contribution in [0.1, 0.15) is 16.7 Å². The first-order chi connectivity index (χ1) is 12.0. The summed E-state index contributed by atoms with van der Waals surface area (Å²) in [5.41, 5.74) is -0.809. The van der Waals surface area contributed by atoms with Gasteiger partial charge in [-0.05, 0) is 12.1 Å². The molecule has 0 aromatic carbocycles. The van der Waals surface area contributed by atoms with E-state index < -0.39 is 42.8 Å². The SMILES string of the molecule is O=C(Nc1ccn([C@H]2O[C@H](CO)[C@@H](O)[C@H]2F)c(=O)n1)c1ccncn1. The van der Waals surface area contributed by atoms with Gasteiger partial charge in [-0.3, -0.25) is 9.36 Å². The van der Waals surface area contributed by atoms with Crippen molar-refractivity contribution >= 4 is 11.7 Å². The molecule has 0 unspecified atom stereocenters. The van der Waals surface area contributed by atoms with Crippen molar-refractivity contribution in [1.29, 1.82) is 0 Å². The van der Waals surface area contributed by atoms with Crippen LogP contribution in [0.2, 0.25) is 0 Å². The second-order valence-corrected chi connectivity index (χ2v) is 5.23. The van der Waals surface area contributed by atoms with Crippen LogP contribution in [-0.2, 0) is 4.74 Å². The lowest BCUT2D eigenvalue weighted by molar-refractivity contribution is -0.0490. The van der Waals surface area contributed by atoms with Crippen LogP contribution in [0.4, 0.5) is 10.2 Å². The van der Waals surface area contributed by atoms with E-state index in [1.54, 1.807) is 0 Å². The van der Waals surface area contributed by atoms with Gasteiger partial charge in [0.05, 0.1) is 6.61 Å². The third-order valence-corrected chi connectivity index (χ3v) is 3.63. The van der Waals surface area contributed by atoms with Crippen LogP contribution in [0.3, 0.4) is 0 Å². The predicted molar refractivity (Wildman–Crippen MR) is 80.4 cm³/mol. The van der Waals surface area contributed by atoms with Gasteiger partial charge in [0.15, 0.2) is 12.4 Å². The van der Waals surface area contributed by atoms with Gasteiger partial charge in [0, 0.05) is 12.4 Å². The number of anilines is 1. The Morgan fingerprint density at radius 1 is 1.44 bits per heavy atom. The van der Waals surface area contributed by atoms with Crippen LogP contribution in [0, 0.1) is 0 Å². The van der Waals surface area contributed by atoms with E-state index in [1.165, 1.54) is 30.9 Å². The largest absolute Gasteiger partial charge is 0.394 e. The number of amides is 1. The molecule has 0 spiro atoms. The van der Waals surface area contributed by atoms with Gasteiger partial charge in [0.1, 0.15) is 30.0 Å². The maximum absolute atomic E-state index is 14.1. The molecule has 25 heavy (non-hydrogen) atoms. The molecule has 0 saturated carbocycles. The van der Waals surface area contributed by atoms with Gasteiger partial charge in [-0.2, -0.15) is 4.98 Å². The minimum absolute atomic E-state index is 0.0578. The van der Waals surface area contributed by atoms with Crippen molar-refractivity contribution in [3.05, 3.63) is 47.0 Å². The Labute approximate surface area is 140 Å². The minimum Gasteiger partial charge on any atom is -0.394 e. The average molecular weight is 351 g/mol. The molecule has 1 aliphatic heterocycles. The molecular formula is C14H14FN5O5. The monoisotopic (exact) mass is 351 g/mol. The van der Waals surface area contributed by atoms with E-state index in [9.17, 15) is 19.1 Å². The zero-order chi connectivity index (χ0) is 18.0. The fourth-order valence-electron chi connectivity index (χ4n) is 2.36. The summed E-state index contributed by atoms with van der Waals surface area (Å²) in [6.07, 6.45) is -2.26. The first kappa shape index (κ1) is 17.1. The molecule has 1 amide bonds. The fraction of sp³-hybridized carbons (Fsp3) is 0.357. The van der Waals surface area contributed by atoms with Gasteiger partial charge in [0.2, 0.25) is 0 Å². The average Bonchev–Trinajstić information content (AvgIpc) is 2.91. The number of hydrogen-bond acceptors (Lipinski definition) is 8. The van der Waals surface area contributed by atoms with Gasteiger partial charge in [0.25, 0.3) is 5.91 Å². The second-order valence-electron chi connectivity index (χ2n) is 5.23. The topological polar surface area (TPSA) is 139 Å². The van der Waals surface area contributed by atoms with E-state index in [4.69, 9.17) is 9.84 Å². The summed E-state index contributed by atoms with van der Waals surface area (Å²) in [4.78, 5) is 35.1. The first-order valence-electron chi connectivity index (χ1n) is 7.26. The summed E-state index contributed by atoms with van der Waals surface area (Å²) in [5, 5.41) is 21.0. The van der Waals surface area contributed by atoms with Gasteiger partial charge < -0.3 is 20.3 Å². The van der Waals surface area contributed by atoms with Crippen LogP contribution in [0.25, 0.3) is 0 Å². The molecule has 0 radical (unpaired) electrons. The summed E-state index contributed by atoms with van der Waals surface area (Å²) >= 11 is 0. The van der Waals surface area contributed by atoms with Crippen molar-refractivity contribution in [3.63, 3.8) is 0 Å². The zero-order valence-corrected chi connectivity index (χ0v) is 12.7. The summed E-state index contributed by atoms with van der Waals surface area (Å²) < 4.78 is 20.0. The highest BCUT2D eigenvalue weighted by atomic mass is 19.1. The lowest BCUT2D eigenvalue weighted by atomic mass is 10.1. The lowest BCUT2D eigenvalue weighted by Crippen LogP contribution is -2.33. The molecule has 0 bridgehead atoms. The number of halogens is 1. The molecule has 4 atom stereocenters. The van der Waals surface area contributed by atoms with Crippen LogP contribution in [-0.4, -0.2) is 60.6 Å². The standard InChI is InChI=1S/C14H14FN5O5/c15-10-11(22)8(5-21)25-13(10)20-4-2-9(19-14(20)24)18-12(23)7-1-3-16-6-17-7/h1-4,6,8,10-11,13,21-22H,5H2,(H,18,19,23,24)/t8-,10-,11-,13+/m1/s1. The number of nitrogens with zero attached hydrogens (tertiary/aromatic N) is 4. The number of hydrogen-bond donors (Lipinski definition) is 3. The molecular weight excluding hydrogens is 337 g/mol. The Hall–Kier alpha value is -2.76. The Morgan fingerprint density at radius 2 is 2.24 bits per heavy atom. The number of aliphatic hydroxyl groups is 2. The van der Waals surface area contributed by atoms with Crippen LogP contribution in [0.15, 0.2) is 35.6 Å². The molecule has 11 heteroatoms. The summed E-state index contributed by atoms with van der Waals surface area (Å²) in [6, 6.07) is 2.66. The number of nitrogens with one attached hydrogen (secondary N) is 1. The molecule has 1 saturated heterocycles. The third kappa shape index (κ3) is 3.38. The zero-order valence-electron chi connectivity index (χ0n) is 12.7. The number of ether oxygens (including phenoxy) is 1. The van der Waals surface area contributed by atoms with Crippen molar-refractivity contribution in [2.45, 2.75) is 24.6 Å². The van der Waals surface area contributed by atoms with Gasteiger partial charge >= 0.3 is 5.69 Å². The highest BCUT2D eigenvalue weighted by Crippen LogP contribution is 2.30. The number of alkyl halides is 1. The van der Waals surface area contributed by atoms with E-state index in [0.717, 1.165) is 4.57 Å². The van der Waals surface area contributed by atoms with Crippen molar-refractivity contribution < 1.29 is 24.1 Å². The molecule has 3 heterocycles. The summed E-state index contributed by atoms with van der Waals surface area (Å²) in [7, 11) is 0. The van der Waals surface area contributed by atoms with Crippen molar-refractivity contribution in [1.82, 2.24) is 19.5 Å². The molecule has 0 aliphatic carbocycles. The molecule has 3 N–H and O–H groups in total. The third-order valence-electron chi connectivity index (χ3n) is 3.63. The van der Waals surface area contributed by atoms with E-state index >= 15 is 0 Å². The lowest BCUT2D eigenvalue weighted by Gasteiger charge is -2.16. The highest BCUT2D eigenvalue weighted by molar-refractivity contribution is 6.02. The van der Waals surface area contributed by atoms with Crippen LogP contribution >= 0.6 is 0 Å². The number of aliphatic hydroxyl groups excluding tert-OH is 2. The Balaban J connectivity index is 1.78. The quantitative estimate of drug-likeness (QED) is 0.629. The number of aromatic nitrogens is 4. The number of carbonyl (C=O) groups excluding carboxylic acids is 1. The maximum Gasteiger partial charge on any atom is 0.351 e. The van der Waals surface area contributed by atoms with Crippen molar-refractivity contribution in [2.24, 2.45) is 0 Å². The number of carbonyl (C=O) groups is 1. The molecule has 1 aliphatic rings. The normalized spacial score (nSPS) is 25.7. The van der Waals surface area contributed by atoms with E-state index in [1.807, 2.05) is 0 Å². The van der Waals surface area contributed by atoms with Crippen LogP contribution in [0.5, 0.6) is 0 Å². The predicted octanol–water partition coefficient (Wildman–Crippen LogP) is -1.13. The molecule has 10 nitrogen and oxygen atoms in total. The minimum atomic E-state index is -1.90. The number of rotatable bonds is 4. The molecule has 1 fully saturated rings. The summed E-state index contributed by atoms with van der Waals surface area (Å²) in [5.74, 6) is -0.652. The maximum atomic E-state index is 14.1. The van der Waals surface area contributed by atoms with Crippen molar-refractivity contribution in [2.75, 3.05) is 11.9 Å². The van der Waals surface area contributed by atoms with Crippen molar-refractivity contribution in [3.8, 4) is 0 Å². The Kier molecular flexibility index (Phi) is 4.79. The summed E-state index contributed by atoms with van der Waals surface area (Å²) in [6.45, 7) is -0.590. The Bertz CT molecular complexity index is 817. The molecule has 132 valence electrons. The fourth-order valence-corrected chi connectivity index (χ4v) is 2.36. The van der Waals surface area contributed by atoms with Crippen LogP contribution < -0.4 is 11.0 Å². The van der Waals surface area contributed by atoms with E-state index in [0.29, 0.717) is 0 Å². The first-order valence-corrected chi connectivity index (χ1v) is 7.26.